The van der Waals surface area contributed by atoms with Crippen LogP contribution in [0.5, 0.6) is 0 Å². The summed E-state index contributed by atoms with van der Waals surface area (Å²) >= 11 is 1.82. The number of H-pyrrole nitrogens is 1. The highest BCUT2D eigenvalue weighted by atomic mass is 32.1. The molecule has 1 aliphatic heterocycles. The molecule has 1 atom stereocenters. The predicted octanol–water partition coefficient (Wildman–Crippen LogP) is 3.59. The summed E-state index contributed by atoms with van der Waals surface area (Å²) in [6.07, 6.45) is 5.52. The number of imidazole rings is 1. The second kappa shape index (κ2) is 5.04. The van der Waals surface area contributed by atoms with Crippen molar-refractivity contribution in [2.75, 3.05) is 6.54 Å². The molecule has 0 bridgehead atoms. The number of hydrogen-bond acceptors (Lipinski definition) is 3. The highest BCUT2D eigenvalue weighted by molar-refractivity contribution is 7.22. The van der Waals surface area contributed by atoms with Crippen LogP contribution in [0.1, 0.15) is 18.7 Å². The molecule has 1 fully saturated rings. The Morgan fingerprint density at radius 2 is 2.25 bits per heavy atom. The van der Waals surface area contributed by atoms with Gasteiger partial charge in [-0.25, -0.2) is 4.98 Å². The van der Waals surface area contributed by atoms with Gasteiger partial charge in [-0.3, -0.25) is 0 Å². The van der Waals surface area contributed by atoms with Gasteiger partial charge in [-0.2, -0.15) is 0 Å². The molecule has 1 unspecified atom stereocenters. The Hall–Kier alpha value is -1.65. The van der Waals surface area contributed by atoms with E-state index >= 15 is 0 Å². The highest BCUT2D eigenvalue weighted by Crippen LogP contribution is 2.32. The minimum absolute atomic E-state index is 0.594. The summed E-state index contributed by atoms with van der Waals surface area (Å²) in [5.41, 5.74) is 1.14. The van der Waals surface area contributed by atoms with Crippen LogP contribution in [0, 0.1) is 0 Å². The Morgan fingerprint density at radius 3 is 3.10 bits per heavy atom. The third-order valence-corrected chi connectivity index (χ3v) is 5.07. The summed E-state index contributed by atoms with van der Waals surface area (Å²) in [5, 5.41) is 4.82. The Kier molecular flexibility index (Phi) is 3.05. The van der Waals surface area contributed by atoms with E-state index in [0.29, 0.717) is 6.04 Å². The first-order chi connectivity index (χ1) is 9.88. The van der Waals surface area contributed by atoms with Crippen LogP contribution in [-0.4, -0.2) is 22.6 Å². The molecule has 0 aliphatic carbocycles. The summed E-state index contributed by atoms with van der Waals surface area (Å²) in [7, 11) is 0. The molecule has 4 heteroatoms. The number of fused-ring (bicyclic) bond motifs is 1. The van der Waals surface area contributed by atoms with E-state index in [2.05, 4.69) is 45.6 Å². The van der Waals surface area contributed by atoms with Crippen LogP contribution < -0.4 is 5.32 Å². The van der Waals surface area contributed by atoms with Crippen molar-refractivity contribution in [2.45, 2.75) is 25.3 Å². The van der Waals surface area contributed by atoms with E-state index < -0.39 is 0 Å². The van der Waals surface area contributed by atoms with Gasteiger partial charge in [0.05, 0.1) is 16.8 Å². The number of benzene rings is 1. The van der Waals surface area contributed by atoms with Crippen LogP contribution in [0.3, 0.4) is 0 Å². The minimum atomic E-state index is 0.594. The minimum Gasteiger partial charge on any atom is -0.341 e. The number of thiophene rings is 1. The normalized spacial score (nSPS) is 18.9. The zero-order chi connectivity index (χ0) is 13.4. The van der Waals surface area contributed by atoms with Crippen molar-refractivity contribution in [3.05, 3.63) is 42.4 Å². The number of aromatic nitrogens is 2. The van der Waals surface area contributed by atoms with Gasteiger partial charge >= 0.3 is 0 Å². The maximum Gasteiger partial charge on any atom is 0.108 e. The maximum atomic E-state index is 4.54. The highest BCUT2D eigenvalue weighted by Gasteiger charge is 2.16. The lowest BCUT2D eigenvalue weighted by Gasteiger charge is -2.06. The lowest BCUT2D eigenvalue weighted by Crippen LogP contribution is -2.24. The van der Waals surface area contributed by atoms with Crippen LogP contribution in [0.15, 0.2) is 36.5 Å². The third-order valence-electron chi connectivity index (χ3n) is 3.92. The van der Waals surface area contributed by atoms with Crippen molar-refractivity contribution in [1.29, 1.82) is 0 Å². The van der Waals surface area contributed by atoms with Gasteiger partial charge in [0.15, 0.2) is 0 Å². The Balaban J connectivity index is 1.60. The zero-order valence-electron chi connectivity index (χ0n) is 11.2. The summed E-state index contributed by atoms with van der Waals surface area (Å²) in [6, 6.07) is 11.3. The fourth-order valence-electron chi connectivity index (χ4n) is 2.87. The molecule has 0 radical (unpaired) electrons. The van der Waals surface area contributed by atoms with E-state index in [0.717, 1.165) is 24.5 Å². The molecule has 3 heterocycles. The molecule has 3 nitrogen and oxygen atoms in total. The first-order valence-corrected chi connectivity index (χ1v) is 7.96. The van der Waals surface area contributed by atoms with Crippen LogP contribution >= 0.6 is 11.3 Å². The van der Waals surface area contributed by atoms with Gasteiger partial charge in [0.25, 0.3) is 0 Å². The molecule has 2 aromatic heterocycles. The second-order valence-corrected chi connectivity index (χ2v) is 6.47. The molecule has 1 saturated heterocycles. The van der Waals surface area contributed by atoms with Crippen LogP contribution in [0.4, 0.5) is 0 Å². The number of rotatable bonds is 3. The van der Waals surface area contributed by atoms with Crippen molar-refractivity contribution in [2.24, 2.45) is 0 Å². The van der Waals surface area contributed by atoms with Gasteiger partial charge < -0.3 is 10.3 Å². The third kappa shape index (κ3) is 2.25. The predicted molar refractivity (Wildman–Crippen MR) is 84.1 cm³/mol. The molecule has 1 aromatic carbocycles. The van der Waals surface area contributed by atoms with Crippen molar-refractivity contribution in [3.8, 4) is 10.6 Å². The van der Waals surface area contributed by atoms with Crippen molar-refractivity contribution in [3.63, 3.8) is 0 Å². The van der Waals surface area contributed by atoms with Gasteiger partial charge in [0.2, 0.25) is 0 Å². The van der Waals surface area contributed by atoms with Crippen molar-refractivity contribution >= 4 is 21.4 Å². The average Bonchev–Trinajstić information content (AvgIpc) is 3.18. The molecule has 0 saturated carbocycles. The Morgan fingerprint density at radius 1 is 1.30 bits per heavy atom. The summed E-state index contributed by atoms with van der Waals surface area (Å²) in [6.45, 7) is 1.15. The topological polar surface area (TPSA) is 40.7 Å². The lowest BCUT2D eigenvalue weighted by atomic mass is 10.1. The first kappa shape index (κ1) is 12.1. The Bertz CT molecular complexity index is 689. The molecule has 2 N–H and O–H groups in total. The monoisotopic (exact) mass is 283 g/mol. The quantitative estimate of drug-likeness (QED) is 0.771. The van der Waals surface area contributed by atoms with Gasteiger partial charge in [-0.1, -0.05) is 18.2 Å². The standard InChI is InChI=1S/C16H17N3S/c1-2-6-14-11(4-1)8-15(20-14)13-10-18-16(19-13)9-12-5-3-7-17-12/h1-2,4,6,8,10,12,17H,3,5,7,9H2,(H,18,19). The maximum absolute atomic E-state index is 4.54. The summed E-state index contributed by atoms with van der Waals surface area (Å²) in [5.74, 6) is 1.09. The molecule has 4 rings (SSSR count). The fourth-order valence-corrected chi connectivity index (χ4v) is 3.90. The smallest absolute Gasteiger partial charge is 0.108 e. The van der Waals surface area contributed by atoms with Crippen molar-refractivity contribution in [1.82, 2.24) is 15.3 Å². The van der Waals surface area contributed by atoms with Crippen LogP contribution in [0.2, 0.25) is 0 Å². The van der Waals surface area contributed by atoms with E-state index in [1.807, 2.05) is 17.5 Å². The lowest BCUT2D eigenvalue weighted by molar-refractivity contribution is 0.589. The number of nitrogens with zero attached hydrogens (tertiary/aromatic N) is 1. The summed E-state index contributed by atoms with van der Waals surface area (Å²) in [4.78, 5) is 9.28. The van der Waals surface area contributed by atoms with Gasteiger partial charge in [0, 0.05) is 17.2 Å². The van der Waals surface area contributed by atoms with Gasteiger partial charge in [-0.15, -0.1) is 11.3 Å². The zero-order valence-corrected chi connectivity index (χ0v) is 12.0. The number of hydrogen-bond donors (Lipinski definition) is 2. The van der Waals surface area contributed by atoms with Gasteiger partial charge in [0.1, 0.15) is 5.82 Å². The van der Waals surface area contributed by atoms with Crippen LogP contribution in [-0.2, 0) is 6.42 Å². The molecule has 102 valence electrons. The first-order valence-electron chi connectivity index (χ1n) is 7.15. The molecule has 0 amide bonds. The van der Waals surface area contributed by atoms with E-state index in [-0.39, 0.29) is 0 Å². The molecular formula is C16H17N3S. The molecule has 0 spiro atoms. The average molecular weight is 283 g/mol. The van der Waals surface area contributed by atoms with E-state index in [1.54, 1.807) is 0 Å². The molecule has 20 heavy (non-hydrogen) atoms. The van der Waals surface area contributed by atoms with E-state index in [1.165, 1.54) is 27.8 Å². The van der Waals surface area contributed by atoms with E-state index in [9.17, 15) is 0 Å². The molecule has 3 aromatic rings. The van der Waals surface area contributed by atoms with E-state index in [4.69, 9.17) is 0 Å². The SMILES string of the molecule is c1ccc2sc(-c3cnc(CC4CCCN4)[nH]3)cc2c1. The summed E-state index contributed by atoms with van der Waals surface area (Å²) < 4.78 is 1.33. The van der Waals surface area contributed by atoms with Gasteiger partial charge in [-0.05, 0) is 36.9 Å². The Labute approximate surface area is 122 Å². The molecular weight excluding hydrogens is 266 g/mol. The molecule has 1 aliphatic rings. The van der Waals surface area contributed by atoms with Crippen molar-refractivity contribution < 1.29 is 0 Å². The number of nitrogens with one attached hydrogen (secondary N) is 2. The largest absolute Gasteiger partial charge is 0.341 e. The van der Waals surface area contributed by atoms with Crippen LogP contribution in [0.25, 0.3) is 20.7 Å². The second-order valence-electron chi connectivity index (χ2n) is 5.39. The number of aromatic amines is 1. The fraction of sp³-hybridized carbons (Fsp3) is 0.312.